The first-order valence-electron chi connectivity index (χ1n) is 7.31. The quantitative estimate of drug-likeness (QED) is 0.855. The minimum absolute atomic E-state index is 0.103. The average molecular weight is 269 g/mol. The molecule has 20 heavy (non-hydrogen) atoms. The lowest BCUT2D eigenvalue weighted by molar-refractivity contribution is 0.544. The zero-order valence-electron chi connectivity index (χ0n) is 12.8. The van der Waals surface area contributed by atoms with Gasteiger partial charge in [0.1, 0.15) is 0 Å². The Labute approximate surface area is 121 Å². The molecule has 3 rings (SSSR count). The molecule has 1 aliphatic heterocycles. The molecule has 1 aliphatic rings. The molecule has 0 amide bonds. The molecule has 0 spiro atoms. The molecular formula is C17H23N3. The molecular weight excluding hydrogens is 246 g/mol. The first-order valence-corrected chi connectivity index (χ1v) is 7.31. The zero-order valence-corrected chi connectivity index (χ0v) is 12.8. The van der Waals surface area contributed by atoms with Crippen LogP contribution in [0.2, 0.25) is 0 Å². The van der Waals surface area contributed by atoms with Gasteiger partial charge in [-0.05, 0) is 12.5 Å². The molecule has 1 aromatic carbocycles. The van der Waals surface area contributed by atoms with Crippen molar-refractivity contribution in [2.24, 2.45) is 0 Å². The summed E-state index contributed by atoms with van der Waals surface area (Å²) in [6, 6.07) is 8.88. The van der Waals surface area contributed by atoms with E-state index in [2.05, 4.69) is 68.0 Å². The molecule has 3 nitrogen and oxygen atoms in total. The van der Waals surface area contributed by atoms with Gasteiger partial charge in [-0.3, -0.25) is 0 Å². The van der Waals surface area contributed by atoms with Crippen LogP contribution in [0.15, 0.2) is 30.5 Å². The number of benzene rings is 1. The Hall–Kier alpha value is -1.77. The number of nitrogens with zero attached hydrogens (tertiary/aromatic N) is 2. The number of fused-ring (bicyclic) bond motifs is 1. The van der Waals surface area contributed by atoms with Crippen LogP contribution in [0.3, 0.4) is 0 Å². The maximum atomic E-state index is 4.72. The smallest absolute Gasteiger partial charge is 0.203 e. The molecule has 106 valence electrons. The molecule has 0 fully saturated rings. The fourth-order valence-electron chi connectivity index (χ4n) is 2.64. The van der Waals surface area contributed by atoms with Crippen LogP contribution in [0.25, 0.3) is 0 Å². The van der Waals surface area contributed by atoms with Crippen molar-refractivity contribution in [3.05, 3.63) is 47.3 Å². The molecule has 1 unspecified atom stereocenters. The van der Waals surface area contributed by atoms with E-state index in [9.17, 15) is 0 Å². The standard InChI is InChI=1S/C17H23N3/c1-12-5-7-13(8-6-12)14-9-18-16-19-15(17(2,3)4)11-20(16)10-14/h5-8,11,14H,9-10H2,1-4H3,(H,18,19). The van der Waals surface area contributed by atoms with Gasteiger partial charge in [0.15, 0.2) is 0 Å². The molecule has 0 radical (unpaired) electrons. The van der Waals surface area contributed by atoms with E-state index in [1.165, 1.54) is 11.1 Å². The highest BCUT2D eigenvalue weighted by Crippen LogP contribution is 2.29. The van der Waals surface area contributed by atoms with E-state index in [1.54, 1.807) is 0 Å². The number of anilines is 1. The summed E-state index contributed by atoms with van der Waals surface area (Å²) < 4.78 is 2.26. The zero-order chi connectivity index (χ0) is 14.3. The molecule has 2 aromatic rings. The molecule has 1 aromatic heterocycles. The fraction of sp³-hybridized carbons (Fsp3) is 0.471. The van der Waals surface area contributed by atoms with Gasteiger partial charge in [-0.2, -0.15) is 0 Å². The number of aryl methyl sites for hydroxylation is 1. The molecule has 1 N–H and O–H groups in total. The van der Waals surface area contributed by atoms with Crippen molar-refractivity contribution in [1.82, 2.24) is 9.55 Å². The third kappa shape index (κ3) is 2.45. The van der Waals surface area contributed by atoms with Gasteiger partial charge in [0.05, 0.1) is 5.69 Å². The van der Waals surface area contributed by atoms with Gasteiger partial charge in [0.25, 0.3) is 0 Å². The van der Waals surface area contributed by atoms with Crippen molar-refractivity contribution in [1.29, 1.82) is 0 Å². The molecule has 2 heterocycles. The number of aromatic nitrogens is 2. The van der Waals surface area contributed by atoms with E-state index in [-0.39, 0.29) is 5.41 Å². The summed E-state index contributed by atoms with van der Waals surface area (Å²) in [5.74, 6) is 1.53. The molecule has 1 atom stereocenters. The van der Waals surface area contributed by atoms with E-state index < -0.39 is 0 Å². The van der Waals surface area contributed by atoms with Crippen molar-refractivity contribution >= 4 is 5.95 Å². The second-order valence-corrected chi connectivity index (χ2v) is 6.84. The van der Waals surface area contributed by atoms with Crippen LogP contribution in [-0.4, -0.2) is 16.1 Å². The Balaban J connectivity index is 1.85. The fourth-order valence-corrected chi connectivity index (χ4v) is 2.64. The highest BCUT2D eigenvalue weighted by atomic mass is 15.2. The lowest BCUT2D eigenvalue weighted by Gasteiger charge is -2.25. The van der Waals surface area contributed by atoms with Gasteiger partial charge < -0.3 is 9.88 Å². The molecule has 0 saturated carbocycles. The minimum Gasteiger partial charge on any atom is -0.355 e. The molecule has 0 bridgehead atoms. The van der Waals surface area contributed by atoms with E-state index >= 15 is 0 Å². The summed E-state index contributed by atoms with van der Waals surface area (Å²) in [5, 5.41) is 3.47. The van der Waals surface area contributed by atoms with Gasteiger partial charge in [0, 0.05) is 30.6 Å². The van der Waals surface area contributed by atoms with Gasteiger partial charge in [-0.1, -0.05) is 50.6 Å². The second-order valence-electron chi connectivity index (χ2n) is 6.84. The average Bonchev–Trinajstić information content (AvgIpc) is 2.82. The summed E-state index contributed by atoms with van der Waals surface area (Å²) in [6.07, 6.45) is 2.20. The Morgan fingerprint density at radius 2 is 1.90 bits per heavy atom. The van der Waals surface area contributed by atoms with Crippen LogP contribution in [0, 0.1) is 6.92 Å². The van der Waals surface area contributed by atoms with Crippen molar-refractivity contribution in [2.45, 2.75) is 45.6 Å². The van der Waals surface area contributed by atoms with Crippen molar-refractivity contribution < 1.29 is 0 Å². The Kier molecular flexibility index (Phi) is 3.08. The highest BCUT2D eigenvalue weighted by molar-refractivity contribution is 5.36. The van der Waals surface area contributed by atoms with Crippen LogP contribution in [0.1, 0.15) is 43.5 Å². The number of imidazole rings is 1. The van der Waals surface area contributed by atoms with Gasteiger partial charge in [-0.15, -0.1) is 0 Å². The normalized spacial score (nSPS) is 18.5. The predicted molar refractivity (Wildman–Crippen MR) is 83.3 cm³/mol. The summed E-state index contributed by atoms with van der Waals surface area (Å²) in [7, 11) is 0. The van der Waals surface area contributed by atoms with E-state index in [1.807, 2.05) is 0 Å². The summed E-state index contributed by atoms with van der Waals surface area (Å²) in [6.45, 7) is 10.7. The first kappa shape index (κ1) is 13.2. The lowest BCUT2D eigenvalue weighted by atomic mass is 9.93. The van der Waals surface area contributed by atoms with Crippen molar-refractivity contribution in [2.75, 3.05) is 11.9 Å². The van der Waals surface area contributed by atoms with E-state index in [0.717, 1.165) is 24.7 Å². The largest absolute Gasteiger partial charge is 0.355 e. The van der Waals surface area contributed by atoms with Crippen molar-refractivity contribution in [3.8, 4) is 0 Å². The van der Waals surface area contributed by atoms with Crippen LogP contribution >= 0.6 is 0 Å². The number of hydrogen-bond donors (Lipinski definition) is 1. The minimum atomic E-state index is 0.103. The topological polar surface area (TPSA) is 29.9 Å². The maximum Gasteiger partial charge on any atom is 0.203 e. The van der Waals surface area contributed by atoms with Crippen LogP contribution < -0.4 is 5.32 Å². The second kappa shape index (κ2) is 4.65. The lowest BCUT2D eigenvalue weighted by Crippen LogP contribution is -2.25. The maximum absolute atomic E-state index is 4.72. The molecule has 3 heteroatoms. The Morgan fingerprint density at radius 3 is 2.55 bits per heavy atom. The number of nitrogens with one attached hydrogen (secondary N) is 1. The van der Waals surface area contributed by atoms with Crippen LogP contribution in [0.4, 0.5) is 5.95 Å². The third-order valence-electron chi connectivity index (χ3n) is 4.02. The van der Waals surface area contributed by atoms with Gasteiger partial charge in [-0.25, -0.2) is 4.98 Å². The molecule has 0 saturated heterocycles. The summed E-state index contributed by atoms with van der Waals surface area (Å²) >= 11 is 0. The predicted octanol–water partition coefficient (Wildman–Crippen LogP) is 3.70. The SMILES string of the molecule is Cc1ccc(C2CNc3nc(C(C)(C)C)cn3C2)cc1. The van der Waals surface area contributed by atoms with Crippen LogP contribution in [0.5, 0.6) is 0 Å². The van der Waals surface area contributed by atoms with Crippen LogP contribution in [-0.2, 0) is 12.0 Å². The summed E-state index contributed by atoms with van der Waals surface area (Å²) in [4.78, 5) is 4.72. The van der Waals surface area contributed by atoms with Crippen molar-refractivity contribution in [3.63, 3.8) is 0 Å². The Bertz CT molecular complexity index is 602. The number of rotatable bonds is 1. The van der Waals surface area contributed by atoms with E-state index in [4.69, 9.17) is 4.98 Å². The monoisotopic (exact) mass is 269 g/mol. The summed E-state index contributed by atoms with van der Waals surface area (Å²) in [5.41, 5.74) is 3.98. The van der Waals surface area contributed by atoms with Gasteiger partial charge >= 0.3 is 0 Å². The molecule has 0 aliphatic carbocycles. The number of hydrogen-bond acceptors (Lipinski definition) is 2. The first-order chi connectivity index (χ1) is 9.43. The van der Waals surface area contributed by atoms with Gasteiger partial charge in [0.2, 0.25) is 5.95 Å². The Morgan fingerprint density at radius 1 is 1.20 bits per heavy atom. The highest BCUT2D eigenvalue weighted by Gasteiger charge is 2.25. The third-order valence-corrected chi connectivity index (χ3v) is 4.02. The van der Waals surface area contributed by atoms with E-state index in [0.29, 0.717) is 5.92 Å².